The van der Waals surface area contributed by atoms with Crippen LogP contribution in [0.2, 0.25) is 0 Å². The number of allylic oxidation sites excluding steroid dienone is 4. The van der Waals surface area contributed by atoms with Crippen LogP contribution in [0.5, 0.6) is 0 Å². The zero-order chi connectivity index (χ0) is 30.5. The normalized spacial score (nSPS) is 16.9. The zero-order valence-electron chi connectivity index (χ0n) is 24.9. The molecule has 0 spiro atoms. The molecule has 1 aromatic heterocycles. The lowest BCUT2D eigenvalue weighted by Crippen LogP contribution is -2.22. The van der Waals surface area contributed by atoms with E-state index in [9.17, 15) is 0 Å². The van der Waals surface area contributed by atoms with E-state index >= 15 is 0 Å². The number of fused-ring (bicyclic) bond motifs is 6. The Balaban J connectivity index is 1.23. The van der Waals surface area contributed by atoms with Gasteiger partial charge < -0.3 is 10.2 Å². The van der Waals surface area contributed by atoms with Crippen molar-refractivity contribution in [3.63, 3.8) is 0 Å². The Morgan fingerprint density at radius 1 is 0.756 bits per heavy atom. The summed E-state index contributed by atoms with van der Waals surface area (Å²) in [7, 11) is 0. The first-order valence-electron chi connectivity index (χ1n) is 15.2. The lowest BCUT2D eigenvalue weighted by atomic mass is 9.73. The van der Waals surface area contributed by atoms with Crippen LogP contribution in [-0.4, -0.2) is 11.7 Å². The molecule has 0 radical (unpaired) electrons. The Morgan fingerprint density at radius 2 is 1.42 bits per heavy atom. The number of benzene rings is 6. The lowest BCUT2D eigenvalue weighted by Gasteiger charge is -2.30. The maximum absolute atomic E-state index is 8.59. The minimum absolute atomic E-state index is 0.141. The second-order valence-corrected chi connectivity index (χ2v) is 12.0. The second kappa shape index (κ2) is 10.5. The van der Waals surface area contributed by atoms with Crippen molar-refractivity contribution in [2.45, 2.75) is 18.8 Å². The number of amidine groups is 2. The van der Waals surface area contributed by atoms with Gasteiger partial charge in [-0.05, 0) is 63.5 Å². The Labute approximate surface area is 261 Å². The quantitative estimate of drug-likeness (QED) is 0.160. The molecule has 0 saturated carbocycles. The van der Waals surface area contributed by atoms with Crippen molar-refractivity contribution >= 4 is 60.7 Å². The summed E-state index contributed by atoms with van der Waals surface area (Å²) in [6.45, 7) is 2.31. The molecule has 3 N–H and O–H groups in total. The molecule has 216 valence electrons. The predicted molar refractivity (Wildman–Crippen MR) is 188 cm³/mol. The summed E-state index contributed by atoms with van der Waals surface area (Å²) in [5.74, 6) is 0.470. The summed E-state index contributed by atoms with van der Waals surface area (Å²) >= 11 is 0. The van der Waals surface area contributed by atoms with Gasteiger partial charge in [0, 0.05) is 32.7 Å². The molecule has 4 nitrogen and oxygen atoms in total. The first-order valence-corrected chi connectivity index (χ1v) is 15.2. The van der Waals surface area contributed by atoms with E-state index in [1.54, 1.807) is 0 Å². The topological polar surface area (TPSA) is 75.4 Å². The number of hydrogen-bond donors (Lipinski definition) is 2. The summed E-state index contributed by atoms with van der Waals surface area (Å²) in [6, 6.07) is 41.2. The Kier molecular flexibility index (Phi) is 6.24. The van der Waals surface area contributed by atoms with Crippen LogP contribution in [0.4, 0.5) is 0 Å². The maximum Gasteiger partial charge on any atom is 0.154 e. The molecule has 0 amide bonds. The molecule has 0 aliphatic heterocycles. The van der Waals surface area contributed by atoms with Crippen molar-refractivity contribution in [3.05, 3.63) is 162 Å². The minimum Gasteiger partial charge on any atom is -0.455 e. The van der Waals surface area contributed by atoms with Crippen molar-refractivity contribution < 1.29 is 4.42 Å². The third-order valence-electron chi connectivity index (χ3n) is 9.13. The molecule has 45 heavy (non-hydrogen) atoms. The second-order valence-electron chi connectivity index (χ2n) is 12.0. The highest BCUT2D eigenvalue weighted by atomic mass is 16.3. The lowest BCUT2D eigenvalue weighted by molar-refractivity contribution is 0.607. The van der Waals surface area contributed by atoms with Gasteiger partial charge in [-0.15, -0.1) is 0 Å². The van der Waals surface area contributed by atoms with Crippen molar-refractivity contribution in [2.75, 3.05) is 0 Å². The van der Waals surface area contributed by atoms with Crippen molar-refractivity contribution in [1.29, 1.82) is 5.41 Å². The van der Waals surface area contributed by atoms with E-state index in [0.717, 1.165) is 66.8 Å². The molecule has 6 aromatic carbocycles. The molecule has 1 unspecified atom stereocenters. The van der Waals surface area contributed by atoms with Gasteiger partial charge in [-0.1, -0.05) is 122 Å². The van der Waals surface area contributed by atoms with E-state index in [1.807, 2.05) is 48.5 Å². The van der Waals surface area contributed by atoms with Crippen molar-refractivity contribution in [3.8, 4) is 0 Å². The van der Waals surface area contributed by atoms with E-state index in [2.05, 4.69) is 103 Å². The van der Waals surface area contributed by atoms with Gasteiger partial charge in [0.15, 0.2) is 5.84 Å². The number of nitrogens with zero attached hydrogens (tertiary/aromatic N) is 1. The fourth-order valence-corrected chi connectivity index (χ4v) is 6.68. The number of aliphatic imine (C=N–C) groups is 1. The smallest absolute Gasteiger partial charge is 0.154 e. The SMILES string of the molecule is CC1(c2cc3c4ccccc4oc3c3ccccc23)C=CC(c2cc3ccccc3cc2C(N)=NC(=N)c2ccccc2)=CC1. The van der Waals surface area contributed by atoms with E-state index in [4.69, 9.17) is 15.6 Å². The molecule has 1 heterocycles. The molecular formula is C41H31N3O. The fourth-order valence-electron chi connectivity index (χ4n) is 6.68. The predicted octanol–water partition coefficient (Wildman–Crippen LogP) is 9.92. The van der Waals surface area contributed by atoms with E-state index < -0.39 is 0 Å². The average molecular weight is 582 g/mol. The van der Waals surface area contributed by atoms with Crippen LogP contribution < -0.4 is 5.73 Å². The zero-order valence-corrected chi connectivity index (χ0v) is 24.9. The first kappa shape index (κ1) is 26.9. The molecule has 0 saturated heterocycles. The van der Waals surface area contributed by atoms with Crippen LogP contribution in [0.25, 0.3) is 49.1 Å². The van der Waals surface area contributed by atoms with E-state index in [1.165, 1.54) is 10.9 Å². The van der Waals surface area contributed by atoms with Crippen molar-refractivity contribution in [1.82, 2.24) is 0 Å². The molecule has 8 rings (SSSR count). The van der Waals surface area contributed by atoms with Gasteiger partial charge >= 0.3 is 0 Å². The number of furan rings is 1. The highest BCUT2D eigenvalue weighted by Gasteiger charge is 2.29. The molecule has 0 fully saturated rings. The standard InChI is InChI=1S/C41H31N3O/c1-41(36-25-34-31-16-9-10-18-37(31)45-38(34)32-17-8-7-15-30(32)36)21-19-26(20-22-41)33-23-28-13-5-6-14-29(28)24-35(33)40(43)44-39(42)27-11-3-2-4-12-27/h2-21,23-25H,22H2,1H3,(H3,42,43,44). The first-order chi connectivity index (χ1) is 22.0. The maximum atomic E-state index is 8.59. The van der Waals surface area contributed by atoms with Crippen LogP contribution in [0.15, 0.2) is 149 Å². The number of hydrogen-bond acceptors (Lipinski definition) is 2. The van der Waals surface area contributed by atoms with Gasteiger partial charge in [-0.25, -0.2) is 4.99 Å². The highest BCUT2D eigenvalue weighted by Crippen LogP contribution is 2.44. The fraction of sp³-hybridized carbons (Fsp3) is 0.0732. The molecule has 7 aromatic rings. The number of nitrogens with one attached hydrogen (secondary N) is 1. The average Bonchev–Trinajstić information content (AvgIpc) is 3.47. The van der Waals surface area contributed by atoms with Gasteiger partial charge in [0.1, 0.15) is 17.0 Å². The van der Waals surface area contributed by atoms with Crippen LogP contribution in [0.1, 0.15) is 35.6 Å². The van der Waals surface area contributed by atoms with E-state index in [-0.39, 0.29) is 11.3 Å². The Morgan fingerprint density at radius 3 is 2.18 bits per heavy atom. The van der Waals surface area contributed by atoms with Crippen LogP contribution in [0.3, 0.4) is 0 Å². The van der Waals surface area contributed by atoms with Gasteiger partial charge in [-0.3, -0.25) is 5.41 Å². The number of para-hydroxylation sites is 1. The molecule has 1 aliphatic rings. The van der Waals surface area contributed by atoms with Gasteiger partial charge in [0.2, 0.25) is 0 Å². The summed E-state index contributed by atoms with van der Waals surface area (Å²) in [5, 5.41) is 15.4. The molecule has 0 bridgehead atoms. The third-order valence-corrected chi connectivity index (χ3v) is 9.13. The highest BCUT2D eigenvalue weighted by molar-refractivity contribution is 6.16. The monoisotopic (exact) mass is 581 g/mol. The van der Waals surface area contributed by atoms with Gasteiger partial charge in [-0.2, -0.15) is 0 Å². The number of nitrogens with two attached hydrogens (primary N) is 1. The summed E-state index contributed by atoms with van der Waals surface area (Å²) in [5.41, 5.74) is 13.2. The largest absolute Gasteiger partial charge is 0.455 e. The molecule has 1 aliphatic carbocycles. The number of rotatable bonds is 4. The van der Waals surface area contributed by atoms with Crippen LogP contribution in [0, 0.1) is 5.41 Å². The van der Waals surface area contributed by atoms with Crippen molar-refractivity contribution in [2.24, 2.45) is 10.7 Å². The van der Waals surface area contributed by atoms with Gasteiger partial charge in [0.05, 0.1) is 0 Å². The van der Waals surface area contributed by atoms with E-state index in [0.29, 0.717) is 5.84 Å². The summed E-state index contributed by atoms with van der Waals surface area (Å²) in [4.78, 5) is 4.56. The van der Waals surface area contributed by atoms with Gasteiger partial charge in [0.25, 0.3) is 0 Å². The summed E-state index contributed by atoms with van der Waals surface area (Å²) in [6.07, 6.45) is 7.68. The minimum atomic E-state index is -0.234. The van der Waals surface area contributed by atoms with Crippen LogP contribution >= 0.6 is 0 Å². The third kappa shape index (κ3) is 4.54. The Hall–Kier alpha value is -5.74. The molecule has 4 heteroatoms. The molecule has 1 atom stereocenters. The molecular weight excluding hydrogens is 550 g/mol. The van der Waals surface area contributed by atoms with Crippen LogP contribution in [-0.2, 0) is 5.41 Å². The summed E-state index contributed by atoms with van der Waals surface area (Å²) < 4.78 is 6.37. The Bertz CT molecular complexity index is 2390.